The van der Waals surface area contributed by atoms with Crippen molar-refractivity contribution in [2.24, 2.45) is 0 Å². The van der Waals surface area contributed by atoms with Gasteiger partial charge < -0.3 is 4.74 Å². The minimum atomic E-state index is 0.307. The van der Waals surface area contributed by atoms with Gasteiger partial charge in [-0.15, -0.1) is 5.17 Å². The molecule has 1 N–H and O–H groups in total. The maximum Gasteiger partial charge on any atom is 0.104 e. The lowest BCUT2D eigenvalue weighted by atomic mass is 10.2. The van der Waals surface area contributed by atoms with E-state index in [1.165, 1.54) is 0 Å². The molecule has 0 aromatic carbocycles. The molecule has 94 valence electrons. The monoisotopic (exact) mass is 293 g/mol. The number of alkyl halides is 1. The molecule has 0 aromatic rings. The number of hydroxylamine groups is 1. The van der Waals surface area contributed by atoms with Crippen LogP contribution in [0.2, 0.25) is 0 Å². The highest BCUT2D eigenvalue weighted by atomic mass is 79.9. The van der Waals surface area contributed by atoms with Gasteiger partial charge in [-0.3, -0.25) is 9.74 Å². The topological polar surface area (TPSA) is 37.0 Å². The lowest BCUT2D eigenvalue weighted by Crippen LogP contribution is -2.61. The number of hydrogen-bond donors (Lipinski definition) is 1. The van der Waals surface area contributed by atoms with E-state index in [1.54, 1.807) is 0 Å². The zero-order valence-corrected chi connectivity index (χ0v) is 11.3. The second-order valence-corrected chi connectivity index (χ2v) is 5.36. The second-order valence-electron chi connectivity index (χ2n) is 4.07. The van der Waals surface area contributed by atoms with E-state index in [0.29, 0.717) is 17.6 Å². The number of halogens is 1. The third kappa shape index (κ3) is 3.15. The van der Waals surface area contributed by atoms with Crippen LogP contribution in [0.5, 0.6) is 0 Å². The van der Waals surface area contributed by atoms with E-state index >= 15 is 0 Å². The molecule has 0 aliphatic carbocycles. The van der Waals surface area contributed by atoms with E-state index < -0.39 is 0 Å². The molecular formula is C10H20BrN3O2. The molecule has 0 aromatic heterocycles. The van der Waals surface area contributed by atoms with Crippen LogP contribution in [0.3, 0.4) is 0 Å². The Morgan fingerprint density at radius 2 is 2.19 bits per heavy atom. The van der Waals surface area contributed by atoms with E-state index in [0.717, 1.165) is 39.3 Å². The Kier molecular flexibility index (Phi) is 4.99. The van der Waals surface area contributed by atoms with Gasteiger partial charge in [0, 0.05) is 24.5 Å². The van der Waals surface area contributed by atoms with Gasteiger partial charge in [0.25, 0.3) is 0 Å². The summed E-state index contributed by atoms with van der Waals surface area (Å²) in [6.07, 6.45) is 1.38. The maximum absolute atomic E-state index is 5.62. The first-order valence-corrected chi connectivity index (χ1v) is 6.84. The minimum absolute atomic E-state index is 0.307. The van der Waals surface area contributed by atoms with Crippen molar-refractivity contribution in [1.82, 2.24) is 15.5 Å². The Morgan fingerprint density at radius 1 is 1.44 bits per heavy atom. The standard InChI is InChI=1S/C10H20BrN3O2/c1-2-16-14-10(7-9(11)8-12-14)13-3-5-15-6-4-13/h9-10,12H,2-8H2,1H3/t9-,10-/m0/s1. The van der Waals surface area contributed by atoms with E-state index in [9.17, 15) is 0 Å². The summed E-state index contributed by atoms with van der Waals surface area (Å²) in [7, 11) is 0. The van der Waals surface area contributed by atoms with Gasteiger partial charge >= 0.3 is 0 Å². The van der Waals surface area contributed by atoms with E-state index in [2.05, 4.69) is 26.3 Å². The lowest BCUT2D eigenvalue weighted by molar-refractivity contribution is -0.264. The number of ether oxygens (including phenoxy) is 1. The maximum atomic E-state index is 5.62. The van der Waals surface area contributed by atoms with Crippen molar-refractivity contribution in [3.05, 3.63) is 0 Å². The summed E-state index contributed by atoms with van der Waals surface area (Å²) in [6.45, 7) is 7.23. The van der Waals surface area contributed by atoms with Gasteiger partial charge in [-0.25, -0.2) is 5.43 Å². The first-order chi connectivity index (χ1) is 7.81. The van der Waals surface area contributed by atoms with E-state index in [-0.39, 0.29) is 0 Å². The minimum Gasteiger partial charge on any atom is -0.379 e. The Hall–Kier alpha value is 0.280. The highest BCUT2D eigenvalue weighted by molar-refractivity contribution is 9.09. The molecule has 2 atom stereocenters. The molecule has 6 heteroatoms. The van der Waals surface area contributed by atoms with Crippen molar-refractivity contribution in [2.45, 2.75) is 24.3 Å². The Bertz CT molecular complexity index is 209. The second kappa shape index (κ2) is 6.28. The number of nitrogens with zero attached hydrogens (tertiary/aromatic N) is 2. The van der Waals surface area contributed by atoms with Crippen molar-refractivity contribution >= 4 is 15.9 Å². The normalized spacial score (nSPS) is 34.1. The van der Waals surface area contributed by atoms with Gasteiger partial charge in [-0.2, -0.15) is 0 Å². The van der Waals surface area contributed by atoms with Gasteiger partial charge in [0.15, 0.2) is 0 Å². The first kappa shape index (κ1) is 12.7. The summed E-state index contributed by atoms with van der Waals surface area (Å²) in [5.74, 6) is 0. The zero-order chi connectivity index (χ0) is 11.4. The Balaban J connectivity index is 1.95. The predicted molar refractivity (Wildman–Crippen MR) is 65.0 cm³/mol. The number of morpholine rings is 1. The third-order valence-electron chi connectivity index (χ3n) is 2.94. The molecule has 0 spiro atoms. The summed E-state index contributed by atoms with van der Waals surface area (Å²) in [5, 5.41) is 1.91. The van der Waals surface area contributed by atoms with Crippen molar-refractivity contribution < 1.29 is 9.57 Å². The van der Waals surface area contributed by atoms with Gasteiger partial charge in [0.2, 0.25) is 0 Å². The summed E-state index contributed by atoms with van der Waals surface area (Å²) in [4.78, 5) is 8.54. The fraction of sp³-hybridized carbons (Fsp3) is 1.00. The van der Waals surface area contributed by atoms with Crippen LogP contribution in [0.1, 0.15) is 13.3 Å². The molecule has 2 heterocycles. The van der Waals surface area contributed by atoms with Crippen LogP contribution >= 0.6 is 15.9 Å². The molecule has 2 aliphatic rings. The number of hydrazine groups is 1. The van der Waals surface area contributed by atoms with Crippen LogP contribution in [-0.2, 0) is 9.57 Å². The third-order valence-corrected chi connectivity index (χ3v) is 3.64. The molecule has 0 unspecified atom stereocenters. The quantitative estimate of drug-likeness (QED) is 0.770. The SMILES string of the molecule is CCON1NC[C@@H](Br)C[C@H]1N1CCOCC1. The van der Waals surface area contributed by atoms with E-state index in [4.69, 9.17) is 9.57 Å². The van der Waals surface area contributed by atoms with Crippen molar-refractivity contribution in [2.75, 3.05) is 39.5 Å². The molecule has 0 bridgehead atoms. The van der Waals surface area contributed by atoms with E-state index in [1.807, 2.05) is 12.1 Å². The van der Waals surface area contributed by atoms with Crippen molar-refractivity contribution in [3.8, 4) is 0 Å². The summed E-state index contributed by atoms with van der Waals surface area (Å²) < 4.78 is 5.38. The molecular weight excluding hydrogens is 274 g/mol. The van der Waals surface area contributed by atoms with Crippen LogP contribution in [-0.4, -0.2) is 60.5 Å². The molecule has 2 saturated heterocycles. The van der Waals surface area contributed by atoms with Crippen LogP contribution in [0.15, 0.2) is 0 Å². The lowest BCUT2D eigenvalue weighted by Gasteiger charge is -2.44. The molecule has 0 saturated carbocycles. The largest absolute Gasteiger partial charge is 0.379 e. The summed E-state index contributed by atoms with van der Waals surface area (Å²) in [6, 6.07) is 0. The zero-order valence-electron chi connectivity index (χ0n) is 9.69. The summed E-state index contributed by atoms with van der Waals surface area (Å²) >= 11 is 3.67. The van der Waals surface area contributed by atoms with Crippen LogP contribution in [0.4, 0.5) is 0 Å². The van der Waals surface area contributed by atoms with Crippen LogP contribution in [0.25, 0.3) is 0 Å². The highest BCUT2D eigenvalue weighted by Crippen LogP contribution is 2.21. The smallest absolute Gasteiger partial charge is 0.104 e. The van der Waals surface area contributed by atoms with Gasteiger partial charge in [-0.05, 0) is 13.3 Å². The van der Waals surface area contributed by atoms with Crippen LogP contribution in [0, 0.1) is 0 Å². The Morgan fingerprint density at radius 3 is 2.88 bits per heavy atom. The first-order valence-electron chi connectivity index (χ1n) is 5.92. The van der Waals surface area contributed by atoms with Crippen molar-refractivity contribution in [1.29, 1.82) is 0 Å². The molecule has 0 amide bonds. The molecule has 2 fully saturated rings. The number of nitrogens with one attached hydrogen (secondary N) is 1. The fourth-order valence-electron chi connectivity index (χ4n) is 2.15. The molecule has 5 nitrogen and oxygen atoms in total. The fourth-order valence-corrected chi connectivity index (χ4v) is 2.63. The van der Waals surface area contributed by atoms with Crippen molar-refractivity contribution in [3.63, 3.8) is 0 Å². The molecule has 16 heavy (non-hydrogen) atoms. The average Bonchev–Trinajstić information content (AvgIpc) is 2.33. The van der Waals surface area contributed by atoms with Gasteiger partial charge in [0.1, 0.15) is 6.17 Å². The average molecular weight is 294 g/mol. The summed E-state index contributed by atoms with van der Waals surface area (Å²) in [5.41, 5.74) is 3.30. The van der Waals surface area contributed by atoms with Gasteiger partial charge in [-0.1, -0.05) is 15.9 Å². The Labute approximate surface area is 105 Å². The van der Waals surface area contributed by atoms with Crippen LogP contribution < -0.4 is 5.43 Å². The highest BCUT2D eigenvalue weighted by Gasteiger charge is 2.33. The predicted octanol–water partition coefficient (Wildman–Crippen LogP) is 0.570. The number of rotatable bonds is 3. The van der Waals surface area contributed by atoms with Gasteiger partial charge in [0.05, 0.1) is 19.8 Å². The molecule has 2 aliphatic heterocycles. The molecule has 0 radical (unpaired) electrons. The molecule has 2 rings (SSSR count). The number of hydrogen-bond acceptors (Lipinski definition) is 5.